The van der Waals surface area contributed by atoms with Crippen molar-refractivity contribution in [3.63, 3.8) is 0 Å². The molecular weight excluding hydrogens is 312 g/mol. The molecule has 20 heavy (non-hydrogen) atoms. The Labute approximate surface area is 132 Å². The van der Waals surface area contributed by atoms with Crippen LogP contribution in [0.3, 0.4) is 0 Å². The lowest BCUT2D eigenvalue weighted by atomic mass is 9.99. The van der Waals surface area contributed by atoms with E-state index in [4.69, 9.17) is 0 Å². The quantitative estimate of drug-likeness (QED) is 0.789. The predicted molar refractivity (Wildman–Crippen MR) is 90.0 cm³/mol. The first-order chi connectivity index (χ1) is 9.65. The zero-order valence-corrected chi connectivity index (χ0v) is 14.4. The molecular formula is C17H27BrN2. The van der Waals surface area contributed by atoms with Gasteiger partial charge < -0.3 is 10.2 Å². The van der Waals surface area contributed by atoms with Gasteiger partial charge in [0.25, 0.3) is 0 Å². The molecule has 2 rings (SSSR count). The lowest BCUT2D eigenvalue weighted by Gasteiger charge is -2.30. The van der Waals surface area contributed by atoms with E-state index in [0.717, 1.165) is 19.0 Å². The van der Waals surface area contributed by atoms with Crippen molar-refractivity contribution in [2.24, 2.45) is 5.92 Å². The predicted octanol–water partition coefficient (Wildman–Crippen LogP) is 3.97. The SMILES string of the molecule is Cc1ccc(CNCCCN2CCC(C)CC2)c(Br)c1. The molecule has 2 nitrogen and oxygen atoms in total. The highest BCUT2D eigenvalue weighted by molar-refractivity contribution is 9.10. The van der Waals surface area contributed by atoms with Gasteiger partial charge in [-0.25, -0.2) is 0 Å². The average Bonchev–Trinajstić information content (AvgIpc) is 2.42. The van der Waals surface area contributed by atoms with E-state index in [2.05, 4.69) is 58.2 Å². The molecule has 1 fully saturated rings. The summed E-state index contributed by atoms with van der Waals surface area (Å²) in [5.74, 6) is 0.934. The van der Waals surface area contributed by atoms with E-state index in [1.165, 1.54) is 54.5 Å². The maximum atomic E-state index is 3.64. The third-order valence-electron chi connectivity index (χ3n) is 4.23. The summed E-state index contributed by atoms with van der Waals surface area (Å²) in [6, 6.07) is 6.57. The molecule has 0 unspecified atom stereocenters. The molecule has 0 saturated carbocycles. The van der Waals surface area contributed by atoms with Crippen molar-refractivity contribution in [1.29, 1.82) is 0 Å². The summed E-state index contributed by atoms with van der Waals surface area (Å²) >= 11 is 3.64. The lowest BCUT2D eigenvalue weighted by Crippen LogP contribution is -2.34. The molecule has 3 heteroatoms. The van der Waals surface area contributed by atoms with Crippen LogP contribution in [0.5, 0.6) is 0 Å². The number of halogens is 1. The monoisotopic (exact) mass is 338 g/mol. The molecule has 0 bridgehead atoms. The van der Waals surface area contributed by atoms with Crippen molar-refractivity contribution < 1.29 is 0 Å². The minimum Gasteiger partial charge on any atom is -0.313 e. The van der Waals surface area contributed by atoms with Crippen LogP contribution in [-0.4, -0.2) is 31.1 Å². The molecule has 1 aromatic rings. The Hall–Kier alpha value is -0.380. The smallest absolute Gasteiger partial charge is 0.0222 e. The van der Waals surface area contributed by atoms with E-state index >= 15 is 0 Å². The lowest BCUT2D eigenvalue weighted by molar-refractivity contribution is 0.190. The van der Waals surface area contributed by atoms with E-state index in [1.807, 2.05) is 0 Å². The fourth-order valence-electron chi connectivity index (χ4n) is 2.73. The fraction of sp³-hybridized carbons (Fsp3) is 0.647. The van der Waals surface area contributed by atoms with Crippen molar-refractivity contribution in [3.8, 4) is 0 Å². The summed E-state index contributed by atoms with van der Waals surface area (Å²) in [6.07, 6.45) is 4.01. The summed E-state index contributed by atoms with van der Waals surface area (Å²) in [7, 11) is 0. The Morgan fingerprint density at radius 1 is 1.30 bits per heavy atom. The van der Waals surface area contributed by atoms with Gasteiger partial charge in [0.05, 0.1) is 0 Å². The molecule has 1 aromatic carbocycles. The summed E-state index contributed by atoms with van der Waals surface area (Å²) in [5, 5.41) is 3.55. The molecule has 0 aromatic heterocycles. The molecule has 1 aliphatic heterocycles. The maximum Gasteiger partial charge on any atom is 0.0222 e. The van der Waals surface area contributed by atoms with Crippen molar-refractivity contribution in [2.75, 3.05) is 26.2 Å². The first-order valence-corrected chi connectivity index (χ1v) is 8.62. The van der Waals surface area contributed by atoms with Crippen LogP contribution in [0.25, 0.3) is 0 Å². The maximum absolute atomic E-state index is 3.64. The van der Waals surface area contributed by atoms with Crippen LogP contribution in [0, 0.1) is 12.8 Å². The number of benzene rings is 1. The van der Waals surface area contributed by atoms with Crippen molar-refractivity contribution in [2.45, 2.75) is 39.7 Å². The van der Waals surface area contributed by atoms with Gasteiger partial charge >= 0.3 is 0 Å². The number of nitrogens with one attached hydrogen (secondary N) is 1. The second-order valence-corrected chi connectivity index (χ2v) is 7.00. The van der Waals surface area contributed by atoms with E-state index in [-0.39, 0.29) is 0 Å². The first-order valence-electron chi connectivity index (χ1n) is 7.83. The Bertz CT molecular complexity index is 411. The second-order valence-electron chi connectivity index (χ2n) is 6.15. The molecule has 0 radical (unpaired) electrons. The molecule has 0 spiro atoms. The highest BCUT2D eigenvalue weighted by Gasteiger charge is 2.14. The van der Waals surface area contributed by atoms with Gasteiger partial charge in [0, 0.05) is 11.0 Å². The average molecular weight is 339 g/mol. The van der Waals surface area contributed by atoms with Gasteiger partial charge in [0.15, 0.2) is 0 Å². The number of hydrogen-bond acceptors (Lipinski definition) is 2. The molecule has 0 aliphatic carbocycles. The van der Waals surface area contributed by atoms with Crippen LogP contribution < -0.4 is 5.32 Å². The topological polar surface area (TPSA) is 15.3 Å². The summed E-state index contributed by atoms with van der Waals surface area (Å²) < 4.78 is 1.22. The largest absolute Gasteiger partial charge is 0.313 e. The Morgan fingerprint density at radius 3 is 2.75 bits per heavy atom. The van der Waals surface area contributed by atoms with E-state index in [9.17, 15) is 0 Å². The van der Waals surface area contributed by atoms with Crippen LogP contribution >= 0.6 is 15.9 Å². The minimum atomic E-state index is 0.934. The van der Waals surface area contributed by atoms with Gasteiger partial charge in [-0.05, 0) is 75.5 Å². The number of piperidine rings is 1. The summed E-state index contributed by atoms with van der Waals surface area (Å²) in [6.45, 7) is 10.4. The molecule has 1 N–H and O–H groups in total. The van der Waals surface area contributed by atoms with Crippen LogP contribution in [0.15, 0.2) is 22.7 Å². The molecule has 1 aliphatic rings. The molecule has 0 amide bonds. The van der Waals surface area contributed by atoms with E-state index in [0.29, 0.717) is 0 Å². The van der Waals surface area contributed by atoms with Crippen LogP contribution in [0.2, 0.25) is 0 Å². The van der Waals surface area contributed by atoms with Crippen molar-refractivity contribution in [1.82, 2.24) is 10.2 Å². The summed E-state index contributed by atoms with van der Waals surface area (Å²) in [4.78, 5) is 2.61. The van der Waals surface area contributed by atoms with Gasteiger partial charge in [-0.2, -0.15) is 0 Å². The third kappa shape index (κ3) is 5.19. The Kier molecular flexibility index (Phi) is 6.53. The summed E-state index contributed by atoms with van der Waals surface area (Å²) in [5.41, 5.74) is 2.65. The first kappa shape index (κ1) is 16.0. The Morgan fingerprint density at radius 2 is 2.05 bits per heavy atom. The van der Waals surface area contributed by atoms with E-state index < -0.39 is 0 Å². The van der Waals surface area contributed by atoms with Crippen LogP contribution in [0.4, 0.5) is 0 Å². The van der Waals surface area contributed by atoms with Gasteiger partial charge in [-0.15, -0.1) is 0 Å². The van der Waals surface area contributed by atoms with Crippen molar-refractivity contribution >= 4 is 15.9 Å². The molecule has 1 heterocycles. The number of nitrogens with zero attached hydrogens (tertiary/aromatic N) is 1. The molecule has 0 atom stereocenters. The molecule has 112 valence electrons. The minimum absolute atomic E-state index is 0.934. The van der Waals surface area contributed by atoms with Crippen LogP contribution in [-0.2, 0) is 6.54 Å². The number of likely N-dealkylation sites (tertiary alicyclic amines) is 1. The standard InChI is InChI=1S/C17H27BrN2/c1-14-6-10-20(11-7-14)9-3-8-19-13-16-5-4-15(2)12-17(16)18/h4-5,12,14,19H,3,6-11,13H2,1-2H3. The zero-order valence-electron chi connectivity index (χ0n) is 12.8. The number of rotatable bonds is 6. The second kappa shape index (κ2) is 8.16. The number of aryl methyl sites for hydroxylation is 1. The van der Waals surface area contributed by atoms with Crippen molar-refractivity contribution in [3.05, 3.63) is 33.8 Å². The highest BCUT2D eigenvalue weighted by atomic mass is 79.9. The van der Waals surface area contributed by atoms with E-state index in [1.54, 1.807) is 0 Å². The van der Waals surface area contributed by atoms with Gasteiger partial charge in [0.1, 0.15) is 0 Å². The van der Waals surface area contributed by atoms with Gasteiger partial charge in [-0.1, -0.05) is 35.0 Å². The third-order valence-corrected chi connectivity index (χ3v) is 4.97. The zero-order chi connectivity index (χ0) is 14.4. The van der Waals surface area contributed by atoms with Gasteiger partial charge in [-0.3, -0.25) is 0 Å². The fourth-order valence-corrected chi connectivity index (χ4v) is 3.37. The van der Waals surface area contributed by atoms with Gasteiger partial charge in [0.2, 0.25) is 0 Å². The van der Waals surface area contributed by atoms with Crippen LogP contribution in [0.1, 0.15) is 37.3 Å². The molecule has 1 saturated heterocycles. The Balaban J connectivity index is 1.59. The highest BCUT2D eigenvalue weighted by Crippen LogP contribution is 2.18. The number of hydrogen-bond donors (Lipinski definition) is 1. The normalized spacial score (nSPS) is 17.6.